The van der Waals surface area contributed by atoms with Crippen molar-refractivity contribution in [2.24, 2.45) is 5.10 Å². The topological polar surface area (TPSA) is 113 Å². The number of carbonyl (C=O) groups excluding carboxylic acids is 3. The summed E-state index contributed by atoms with van der Waals surface area (Å²) in [6, 6.07) is 14.4. The molecule has 9 nitrogen and oxygen atoms in total. The van der Waals surface area contributed by atoms with E-state index in [0.29, 0.717) is 18.7 Å². The fourth-order valence-corrected chi connectivity index (χ4v) is 4.56. The molecule has 2 aromatic carbocycles. The monoisotopic (exact) mass is 475 g/mol. The summed E-state index contributed by atoms with van der Waals surface area (Å²) in [5.41, 5.74) is 3.38. The van der Waals surface area contributed by atoms with Gasteiger partial charge in [-0.15, -0.1) is 11.3 Å². The second-order valence-corrected chi connectivity index (χ2v) is 8.76. The minimum absolute atomic E-state index is 0.150. The molecule has 0 aliphatic carbocycles. The summed E-state index contributed by atoms with van der Waals surface area (Å²) < 4.78 is 5.56. The van der Waals surface area contributed by atoms with Crippen LogP contribution < -0.4 is 15.4 Å². The van der Waals surface area contributed by atoms with E-state index in [0.717, 1.165) is 38.9 Å². The van der Waals surface area contributed by atoms with Crippen molar-refractivity contribution in [1.29, 1.82) is 0 Å². The SMILES string of the molecule is O=C1CN(/N=C/C(Cc2ccccc2)NC(=O)c2csc(-c3ccc4c(c3)CCO4)n2)C(=O)N1. The summed E-state index contributed by atoms with van der Waals surface area (Å²) >= 11 is 1.40. The first-order valence-electron chi connectivity index (χ1n) is 10.8. The Morgan fingerprint density at radius 1 is 1.26 bits per heavy atom. The Labute approximate surface area is 199 Å². The van der Waals surface area contributed by atoms with Crippen LogP contribution in [0.3, 0.4) is 0 Å². The van der Waals surface area contributed by atoms with Gasteiger partial charge in [-0.25, -0.2) is 14.8 Å². The number of nitrogens with zero attached hydrogens (tertiary/aromatic N) is 3. The standard InChI is InChI=1S/C24H21N5O4S/c30-21-13-29(24(32)28-21)25-12-18(10-15-4-2-1-3-5-15)26-22(31)19-14-34-23(27-19)17-6-7-20-16(11-17)8-9-33-20/h1-7,11-12,14,18H,8-10,13H2,(H,26,31)(H,28,30,32)/b25-12+. The van der Waals surface area contributed by atoms with E-state index in [4.69, 9.17) is 4.74 Å². The van der Waals surface area contributed by atoms with Crippen molar-refractivity contribution >= 4 is 35.4 Å². The Bertz CT molecular complexity index is 1270. The van der Waals surface area contributed by atoms with Crippen molar-refractivity contribution in [3.8, 4) is 16.3 Å². The number of imide groups is 1. The van der Waals surface area contributed by atoms with Gasteiger partial charge in [-0.3, -0.25) is 14.9 Å². The van der Waals surface area contributed by atoms with E-state index < -0.39 is 18.0 Å². The first-order chi connectivity index (χ1) is 16.5. The second-order valence-electron chi connectivity index (χ2n) is 7.90. The summed E-state index contributed by atoms with van der Waals surface area (Å²) in [7, 11) is 0. The van der Waals surface area contributed by atoms with Crippen LogP contribution in [0.5, 0.6) is 5.75 Å². The van der Waals surface area contributed by atoms with E-state index in [-0.39, 0.29) is 12.5 Å². The number of urea groups is 1. The molecule has 1 fully saturated rings. The minimum atomic E-state index is -0.588. The molecule has 0 radical (unpaired) electrons. The van der Waals surface area contributed by atoms with Crippen LogP contribution in [0.2, 0.25) is 0 Å². The van der Waals surface area contributed by atoms with Crippen molar-refractivity contribution in [2.45, 2.75) is 18.9 Å². The van der Waals surface area contributed by atoms with Crippen LogP contribution in [-0.4, -0.2) is 53.2 Å². The number of fused-ring (bicyclic) bond motifs is 1. The van der Waals surface area contributed by atoms with Crippen molar-refractivity contribution in [2.75, 3.05) is 13.2 Å². The lowest BCUT2D eigenvalue weighted by Gasteiger charge is -2.15. The molecule has 3 heterocycles. The zero-order valence-corrected chi connectivity index (χ0v) is 18.9. The molecule has 34 heavy (non-hydrogen) atoms. The van der Waals surface area contributed by atoms with Gasteiger partial charge >= 0.3 is 6.03 Å². The van der Waals surface area contributed by atoms with Gasteiger partial charge in [-0.2, -0.15) is 5.10 Å². The van der Waals surface area contributed by atoms with Crippen molar-refractivity contribution in [3.05, 3.63) is 70.7 Å². The Morgan fingerprint density at radius 2 is 2.12 bits per heavy atom. The number of aromatic nitrogens is 1. The number of carbonyl (C=O) groups is 3. The molecule has 2 N–H and O–H groups in total. The number of nitrogens with one attached hydrogen (secondary N) is 2. The van der Waals surface area contributed by atoms with Crippen molar-refractivity contribution in [1.82, 2.24) is 20.6 Å². The third-order valence-electron chi connectivity index (χ3n) is 5.45. The number of rotatable bonds is 7. The van der Waals surface area contributed by atoms with Crippen LogP contribution in [0.25, 0.3) is 10.6 Å². The van der Waals surface area contributed by atoms with E-state index in [1.54, 1.807) is 5.38 Å². The molecular formula is C24H21N5O4S. The van der Waals surface area contributed by atoms with Gasteiger partial charge in [0.05, 0.1) is 12.6 Å². The quantitative estimate of drug-likeness (QED) is 0.403. The van der Waals surface area contributed by atoms with E-state index in [2.05, 4.69) is 26.8 Å². The predicted octanol–water partition coefficient (Wildman–Crippen LogP) is 2.62. The number of hydrogen-bond donors (Lipinski definition) is 2. The lowest BCUT2D eigenvalue weighted by atomic mass is 10.1. The highest BCUT2D eigenvalue weighted by Gasteiger charge is 2.26. The molecule has 0 spiro atoms. The molecule has 1 unspecified atom stereocenters. The molecular weight excluding hydrogens is 454 g/mol. The fourth-order valence-electron chi connectivity index (χ4n) is 3.77. The normalized spacial score (nSPS) is 15.8. The van der Waals surface area contributed by atoms with Crippen LogP contribution in [0, 0.1) is 0 Å². The van der Waals surface area contributed by atoms with Gasteiger partial charge in [0, 0.05) is 23.6 Å². The molecule has 4 amide bonds. The molecule has 3 aromatic rings. The van der Waals surface area contributed by atoms with Crippen molar-refractivity contribution in [3.63, 3.8) is 0 Å². The summed E-state index contributed by atoms with van der Waals surface area (Å²) in [5, 5.41) is 12.7. The summed E-state index contributed by atoms with van der Waals surface area (Å²) in [6.45, 7) is 0.532. The molecule has 10 heteroatoms. The molecule has 172 valence electrons. The van der Waals surface area contributed by atoms with Crippen LogP contribution in [0.15, 0.2) is 59.0 Å². The number of ether oxygens (including phenoxy) is 1. The van der Waals surface area contributed by atoms with E-state index in [1.165, 1.54) is 17.6 Å². The van der Waals surface area contributed by atoms with Crippen LogP contribution in [-0.2, 0) is 17.6 Å². The van der Waals surface area contributed by atoms with Gasteiger partial charge in [0.2, 0.25) is 5.91 Å². The van der Waals surface area contributed by atoms with Gasteiger partial charge < -0.3 is 10.1 Å². The highest BCUT2D eigenvalue weighted by Crippen LogP contribution is 2.31. The maximum Gasteiger partial charge on any atom is 0.344 e. The Morgan fingerprint density at radius 3 is 2.91 bits per heavy atom. The van der Waals surface area contributed by atoms with Crippen LogP contribution in [0.4, 0.5) is 4.79 Å². The Hall–Kier alpha value is -4.05. The van der Waals surface area contributed by atoms with Crippen LogP contribution in [0.1, 0.15) is 21.6 Å². The molecule has 1 atom stereocenters. The number of hydrazone groups is 1. The number of amides is 4. The van der Waals surface area contributed by atoms with Crippen molar-refractivity contribution < 1.29 is 19.1 Å². The van der Waals surface area contributed by atoms with Gasteiger partial charge in [0.1, 0.15) is 23.0 Å². The van der Waals surface area contributed by atoms with Gasteiger partial charge in [-0.05, 0) is 35.7 Å². The number of benzene rings is 2. The lowest BCUT2D eigenvalue weighted by molar-refractivity contribution is -0.118. The molecule has 5 rings (SSSR count). The van der Waals surface area contributed by atoms with E-state index in [9.17, 15) is 14.4 Å². The molecule has 0 bridgehead atoms. The van der Waals surface area contributed by atoms with E-state index in [1.807, 2.05) is 42.5 Å². The largest absolute Gasteiger partial charge is 0.493 e. The molecule has 1 saturated heterocycles. The zero-order valence-electron chi connectivity index (χ0n) is 18.1. The molecule has 0 saturated carbocycles. The average molecular weight is 476 g/mol. The first kappa shape index (κ1) is 21.8. The maximum absolute atomic E-state index is 13.0. The highest BCUT2D eigenvalue weighted by atomic mass is 32.1. The second kappa shape index (κ2) is 9.44. The van der Waals surface area contributed by atoms with Gasteiger partial charge in [0.25, 0.3) is 5.91 Å². The summed E-state index contributed by atoms with van der Waals surface area (Å²) in [6.07, 6.45) is 2.79. The maximum atomic E-state index is 13.0. The minimum Gasteiger partial charge on any atom is -0.493 e. The van der Waals surface area contributed by atoms with Gasteiger partial charge in [0.15, 0.2) is 0 Å². The molecule has 2 aliphatic rings. The number of hydrogen-bond acceptors (Lipinski definition) is 7. The predicted molar refractivity (Wildman–Crippen MR) is 127 cm³/mol. The smallest absolute Gasteiger partial charge is 0.344 e. The lowest BCUT2D eigenvalue weighted by Crippen LogP contribution is -2.38. The van der Waals surface area contributed by atoms with Crippen LogP contribution >= 0.6 is 11.3 Å². The third-order valence-corrected chi connectivity index (χ3v) is 6.34. The average Bonchev–Trinajstić information content (AvgIpc) is 3.57. The van der Waals surface area contributed by atoms with Gasteiger partial charge in [-0.1, -0.05) is 30.3 Å². The first-order valence-corrected chi connectivity index (χ1v) is 11.6. The molecule has 1 aromatic heterocycles. The third kappa shape index (κ3) is 4.81. The Kier molecular flexibility index (Phi) is 6.05. The highest BCUT2D eigenvalue weighted by molar-refractivity contribution is 7.13. The fraction of sp³-hybridized carbons (Fsp3) is 0.208. The number of thiazole rings is 1. The summed E-state index contributed by atoms with van der Waals surface area (Å²) in [5.74, 6) is 0.134. The van der Waals surface area contributed by atoms with E-state index >= 15 is 0 Å². The summed E-state index contributed by atoms with van der Waals surface area (Å²) in [4.78, 5) is 40.7. The zero-order chi connectivity index (χ0) is 23.5. The molecule has 2 aliphatic heterocycles. The Balaban J connectivity index is 1.32.